The molecule has 37 heavy (non-hydrogen) atoms. The Balaban J connectivity index is 1.57. The van der Waals surface area contributed by atoms with Crippen LogP contribution in [0.1, 0.15) is 45.3 Å². The molecule has 3 atom stereocenters. The van der Waals surface area contributed by atoms with Crippen LogP contribution in [-0.4, -0.2) is 30.2 Å². The van der Waals surface area contributed by atoms with Gasteiger partial charge in [-0.15, -0.1) is 0 Å². The van der Waals surface area contributed by atoms with E-state index in [1.54, 1.807) is 18.3 Å². The summed E-state index contributed by atoms with van der Waals surface area (Å²) in [6.07, 6.45) is -8.86. The molecule has 12 heteroatoms. The molecule has 2 aromatic carbocycles. The van der Waals surface area contributed by atoms with Crippen molar-refractivity contribution in [1.29, 1.82) is 0 Å². The van der Waals surface area contributed by atoms with E-state index in [4.69, 9.17) is 4.42 Å². The molecule has 4 rings (SSSR count). The molecule has 1 aromatic heterocycles. The Morgan fingerprint density at radius 3 is 2.41 bits per heavy atom. The van der Waals surface area contributed by atoms with Gasteiger partial charge in [-0.25, -0.2) is 4.39 Å². The van der Waals surface area contributed by atoms with Crippen molar-refractivity contribution in [1.82, 2.24) is 10.6 Å². The first-order chi connectivity index (χ1) is 17.2. The summed E-state index contributed by atoms with van der Waals surface area (Å²) in [4.78, 5) is 24.8. The van der Waals surface area contributed by atoms with Gasteiger partial charge >= 0.3 is 12.4 Å². The van der Waals surface area contributed by atoms with Crippen LogP contribution in [0.25, 0.3) is 17.0 Å². The summed E-state index contributed by atoms with van der Waals surface area (Å²) in [6.45, 7) is 1.60. The number of nitrogens with one attached hydrogen (secondary N) is 2. The monoisotopic (exact) mass is 528 g/mol. The fourth-order valence-corrected chi connectivity index (χ4v) is 3.76. The summed E-state index contributed by atoms with van der Waals surface area (Å²) >= 11 is 0. The van der Waals surface area contributed by atoms with Crippen LogP contribution < -0.4 is 10.6 Å². The number of halogens is 7. The van der Waals surface area contributed by atoms with Gasteiger partial charge in [0.1, 0.15) is 17.5 Å². The zero-order chi connectivity index (χ0) is 27.1. The fourth-order valence-electron chi connectivity index (χ4n) is 3.76. The minimum Gasteiger partial charge on any atom is -0.461 e. The highest BCUT2D eigenvalue weighted by molar-refractivity contribution is 6.07. The number of fused-ring (bicyclic) bond motifs is 1. The lowest BCUT2D eigenvalue weighted by molar-refractivity contribution is -0.162. The molecule has 0 saturated heterocycles. The molecule has 1 fully saturated rings. The summed E-state index contributed by atoms with van der Waals surface area (Å²) in [5.41, 5.74) is -1.47. The molecular weight excluding hydrogens is 509 g/mol. The maximum Gasteiger partial charge on any atom is 0.416 e. The van der Waals surface area contributed by atoms with Crippen LogP contribution in [0.4, 0.5) is 30.7 Å². The molecule has 2 amide bonds. The maximum atomic E-state index is 13.6. The van der Waals surface area contributed by atoms with E-state index in [1.165, 1.54) is 18.2 Å². The number of hydrogen-bond donors (Lipinski definition) is 2. The Morgan fingerprint density at radius 2 is 1.78 bits per heavy atom. The van der Waals surface area contributed by atoms with Crippen LogP contribution >= 0.6 is 0 Å². The summed E-state index contributed by atoms with van der Waals surface area (Å²) in [7, 11) is 0. The first-order valence-electron chi connectivity index (χ1n) is 10.9. The van der Waals surface area contributed by atoms with Gasteiger partial charge in [0.05, 0.1) is 17.2 Å². The first-order valence-corrected chi connectivity index (χ1v) is 10.9. The van der Waals surface area contributed by atoms with Crippen molar-refractivity contribution in [3.8, 4) is 0 Å². The molecule has 1 saturated carbocycles. The topological polar surface area (TPSA) is 71.3 Å². The van der Waals surface area contributed by atoms with Crippen molar-refractivity contribution < 1.29 is 44.7 Å². The van der Waals surface area contributed by atoms with Gasteiger partial charge in [-0.2, -0.15) is 26.3 Å². The number of furan rings is 1. The lowest BCUT2D eigenvalue weighted by atomic mass is 10.0. The molecule has 1 unspecified atom stereocenters. The summed E-state index contributed by atoms with van der Waals surface area (Å²) in [6, 6.07) is 3.71. The molecule has 0 spiro atoms. The number of rotatable bonds is 6. The van der Waals surface area contributed by atoms with Gasteiger partial charge in [0.25, 0.3) is 5.91 Å². The second-order valence-electron chi connectivity index (χ2n) is 8.57. The van der Waals surface area contributed by atoms with E-state index in [1.807, 2.05) is 0 Å². The van der Waals surface area contributed by atoms with E-state index in [9.17, 15) is 40.3 Å². The number of aryl methyl sites for hydroxylation is 1. The summed E-state index contributed by atoms with van der Waals surface area (Å²) < 4.78 is 98.4. The van der Waals surface area contributed by atoms with Crippen LogP contribution in [0.5, 0.6) is 0 Å². The fraction of sp³-hybridized carbons (Fsp3) is 0.280. The molecule has 0 bridgehead atoms. The predicted molar refractivity (Wildman–Crippen MR) is 119 cm³/mol. The van der Waals surface area contributed by atoms with Gasteiger partial charge < -0.3 is 15.1 Å². The molecule has 3 aromatic rings. The third kappa shape index (κ3) is 5.95. The van der Waals surface area contributed by atoms with E-state index in [-0.39, 0.29) is 17.6 Å². The molecule has 1 aliphatic rings. The number of hydrogen-bond acceptors (Lipinski definition) is 3. The second kappa shape index (κ2) is 9.56. The van der Waals surface area contributed by atoms with Crippen molar-refractivity contribution in [3.05, 3.63) is 76.6 Å². The van der Waals surface area contributed by atoms with Gasteiger partial charge in [0.15, 0.2) is 6.04 Å². The van der Waals surface area contributed by atoms with Crippen LogP contribution in [0.2, 0.25) is 0 Å². The first kappa shape index (κ1) is 26.2. The SMILES string of the molecule is Cc1cc2c(C=CC(=O)NC(c3cccc(C(F)(F)F)c3)C(F)(F)F)ccc(C(=O)N[C@H]3C[C@@H]3F)c2o1. The maximum absolute atomic E-state index is 13.6. The third-order valence-electron chi connectivity index (χ3n) is 5.69. The van der Waals surface area contributed by atoms with Crippen molar-refractivity contribution in [2.45, 2.75) is 44.0 Å². The van der Waals surface area contributed by atoms with Crippen molar-refractivity contribution in [2.24, 2.45) is 0 Å². The number of amides is 2. The average molecular weight is 528 g/mol. The van der Waals surface area contributed by atoms with E-state index in [2.05, 4.69) is 5.32 Å². The standard InChI is InChI=1S/C25H19F7N2O3/c1-12-9-17-13(5-7-16(21(17)37-12)23(36)33-19-11-18(19)26)6-8-20(35)34-22(25(30,31)32)14-3-2-4-15(10-14)24(27,28)29/h2-10,18-19,22H,11H2,1H3,(H,33,36)(H,34,35)/t18-,19-,22?/m0/s1. The van der Waals surface area contributed by atoms with Crippen LogP contribution in [-0.2, 0) is 11.0 Å². The molecule has 0 aliphatic heterocycles. The van der Waals surface area contributed by atoms with Crippen LogP contribution in [0, 0.1) is 6.92 Å². The van der Waals surface area contributed by atoms with Gasteiger partial charge in [-0.05, 0) is 48.4 Å². The largest absolute Gasteiger partial charge is 0.461 e. The Labute approximate surface area is 205 Å². The Morgan fingerprint density at radius 1 is 1.08 bits per heavy atom. The predicted octanol–water partition coefficient (Wildman–Crippen LogP) is 6.03. The summed E-state index contributed by atoms with van der Waals surface area (Å²) in [5, 5.41) is 4.60. The highest BCUT2D eigenvalue weighted by Gasteiger charge is 2.43. The molecule has 196 valence electrons. The van der Waals surface area contributed by atoms with E-state index in [0.29, 0.717) is 28.8 Å². The van der Waals surface area contributed by atoms with Crippen LogP contribution in [0.3, 0.4) is 0 Å². The normalized spacial score (nSPS) is 18.7. The van der Waals surface area contributed by atoms with E-state index in [0.717, 1.165) is 18.2 Å². The zero-order valence-corrected chi connectivity index (χ0v) is 19.0. The smallest absolute Gasteiger partial charge is 0.416 e. The minimum absolute atomic E-state index is 0.116. The van der Waals surface area contributed by atoms with Crippen molar-refractivity contribution in [3.63, 3.8) is 0 Å². The Kier molecular flexibility index (Phi) is 6.78. The minimum atomic E-state index is -5.07. The number of carbonyl (C=O) groups excluding carboxylic acids is 2. The third-order valence-corrected chi connectivity index (χ3v) is 5.69. The summed E-state index contributed by atoms with van der Waals surface area (Å²) in [5.74, 6) is -1.37. The average Bonchev–Trinajstić information content (AvgIpc) is 3.34. The molecule has 5 nitrogen and oxygen atoms in total. The van der Waals surface area contributed by atoms with Crippen molar-refractivity contribution >= 4 is 28.9 Å². The number of benzene rings is 2. The molecule has 1 aliphatic carbocycles. The number of alkyl halides is 7. The zero-order valence-electron chi connectivity index (χ0n) is 19.0. The van der Waals surface area contributed by atoms with Gasteiger partial charge in [-0.1, -0.05) is 18.2 Å². The molecular formula is C25H19F7N2O3. The van der Waals surface area contributed by atoms with Gasteiger partial charge in [-0.3, -0.25) is 9.59 Å². The van der Waals surface area contributed by atoms with Gasteiger partial charge in [0.2, 0.25) is 5.91 Å². The van der Waals surface area contributed by atoms with Crippen LogP contribution in [0.15, 0.2) is 53.0 Å². The quantitative estimate of drug-likeness (QED) is 0.303. The molecule has 1 heterocycles. The van der Waals surface area contributed by atoms with E-state index >= 15 is 0 Å². The number of carbonyl (C=O) groups is 2. The van der Waals surface area contributed by atoms with Crippen molar-refractivity contribution in [2.75, 3.05) is 0 Å². The lowest BCUT2D eigenvalue weighted by Gasteiger charge is -2.22. The second-order valence-corrected chi connectivity index (χ2v) is 8.57. The molecule has 2 N–H and O–H groups in total. The Hall–Kier alpha value is -3.83. The molecule has 0 radical (unpaired) electrons. The highest BCUT2D eigenvalue weighted by Crippen LogP contribution is 2.36. The lowest BCUT2D eigenvalue weighted by Crippen LogP contribution is -2.37. The highest BCUT2D eigenvalue weighted by atomic mass is 19.4. The van der Waals surface area contributed by atoms with Gasteiger partial charge in [0, 0.05) is 17.9 Å². The Bertz CT molecular complexity index is 1370. The van der Waals surface area contributed by atoms with E-state index < -0.39 is 53.5 Å².